The molecule has 0 spiro atoms. The Morgan fingerprint density at radius 2 is 2.00 bits per heavy atom. The summed E-state index contributed by atoms with van der Waals surface area (Å²) in [6, 6.07) is 12.8. The van der Waals surface area contributed by atoms with Gasteiger partial charge in [0.05, 0.1) is 12.3 Å². The molecule has 9 heteroatoms. The monoisotopic (exact) mass is 456 g/mol. The minimum Gasteiger partial charge on any atom is -0.494 e. The maximum absolute atomic E-state index is 12.8. The van der Waals surface area contributed by atoms with E-state index in [2.05, 4.69) is 22.1 Å². The number of carbonyl (C=O) groups excluding carboxylic acids is 1. The van der Waals surface area contributed by atoms with Crippen LogP contribution in [0.25, 0.3) is 11.3 Å². The summed E-state index contributed by atoms with van der Waals surface area (Å²) in [7, 11) is 0. The van der Waals surface area contributed by atoms with Gasteiger partial charge in [-0.3, -0.25) is 9.69 Å². The number of halogens is 1. The number of amides is 1. The molecule has 0 saturated carbocycles. The first kappa shape index (κ1) is 21.4. The van der Waals surface area contributed by atoms with E-state index < -0.39 is 6.23 Å². The first-order valence-corrected chi connectivity index (χ1v) is 11.4. The second kappa shape index (κ2) is 9.11. The third kappa shape index (κ3) is 4.31. The van der Waals surface area contributed by atoms with E-state index in [-0.39, 0.29) is 5.91 Å². The number of thioether (sulfide) groups is 1. The van der Waals surface area contributed by atoms with Crippen LogP contribution in [0.1, 0.15) is 32.1 Å². The summed E-state index contributed by atoms with van der Waals surface area (Å²) >= 11 is 7.62. The van der Waals surface area contributed by atoms with Crippen molar-refractivity contribution in [1.82, 2.24) is 15.2 Å². The van der Waals surface area contributed by atoms with Crippen LogP contribution in [0.4, 0.5) is 5.69 Å². The molecule has 160 valence electrons. The Hall–Kier alpha value is -2.84. The number of rotatable bonds is 5. The summed E-state index contributed by atoms with van der Waals surface area (Å²) in [5.41, 5.74) is 2.47. The standard InChI is InChI=1S/C22H21ClN4O3S/c1-4-11-29-16-8-5-14(6-9-16)21-27(13(2)28)18-10-7-15(23)12-17(18)19-20(30-21)24-22(31-3)26-25-19/h5-10,12,21H,4,11H2,1-3H3/t21-/m0/s1. The van der Waals surface area contributed by atoms with Crippen molar-refractivity contribution < 1.29 is 14.3 Å². The van der Waals surface area contributed by atoms with Gasteiger partial charge in [-0.05, 0) is 55.1 Å². The van der Waals surface area contributed by atoms with E-state index in [1.807, 2.05) is 30.5 Å². The first-order chi connectivity index (χ1) is 15.0. The molecule has 3 aromatic rings. The fraction of sp³-hybridized carbons (Fsp3) is 0.273. The molecular formula is C22H21ClN4O3S. The molecule has 0 N–H and O–H groups in total. The number of hydrogen-bond acceptors (Lipinski definition) is 7. The lowest BCUT2D eigenvalue weighted by Gasteiger charge is -2.30. The number of aromatic nitrogens is 3. The summed E-state index contributed by atoms with van der Waals surface area (Å²) in [4.78, 5) is 18.9. The van der Waals surface area contributed by atoms with Crippen molar-refractivity contribution in [3.63, 3.8) is 0 Å². The van der Waals surface area contributed by atoms with E-state index in [1.165, 1.54) is 18.7 Å². The highest BCUT2D eigenvalue weighted by atomic mass is 35.5. The van der Waals surface area contributed by atoms with Crippen molar-refractivity contribution in [1.29, 1.82) is 0 Å². The molecule has 0 saturated heterocycles. The predicted molar refractivity (Wildman–Crippen MR) is 121 cm³/mol. The Morgan fingerprint density at radius 3 is 2.68 bits per heavy atom. The molecule has 4 rings (SSSR count). The maximum Gasteiger partial charge on any atom is 0.247 e. The zero-order valence-corrected chi connectivity index (χ0v) is 18.9. The van der Waals surface area contributed by atoms with Gasteiger partial charge in [-0.25, -0.2) is 0 Å². The van der Waals surface area contributed by atoms with Crippen LogP contribution in [0.5, 0.6) is 11.6 Å². The lowest BCUT2D eigenvalue weighted by molar-refractivity contribution is -0.118. The molecule has 7 nitrogen and oxygen atoms in total. The van der Waals surface area contributed by atoms with Gasteiger partial charge >= 0.3 is 0 Å². The number of carbonyl (C=O) groups is 1. The van der Waals surface area contributed by atoms with Crippen LogP contribution in [0.2, 0.25) is 5.02 Å². The number of ether oxygens (including phenoxy) is 2. The summed E-state index contributed by atoms with van der Waals surface area (Å²) in [6.07, 6.45) is 2.04. The highest BCUT2D eigenvalue weighted by Crippen LogP contribution is 2.44. The maximum atomic E-state index is 12.8. The summed E-state index contributed by atoms with van der Waals surface area (Å²) in [5, 5.41) is 9.46. The number of nitrogens with zero attached hydrogens (tertiary/aromatic N) is 4. The molecule has 0 radical (unpaired) electrons. The van der Waals surface area contributed by atoms with Crippen molar-refractivity contribution in [3.05, 3.63) is 53.1 Å². The highest BCUT2D eigenvalue weighted by Gasteiger charge is 2.34. The average Bonchev–Trinajstić information content (AvgIpc) is 2.91. The van der Waals surface area contributed by atoms with E-state index >= 15 is 0 Å². The van der Waals surface area contributed by atoms with Crippen molar-refractivity contribution in [2.45, 2.75) is 31.7 Å². The Morgan fingerprint density at radius 1 is 1.23 bits per heavy atom. The van der Waals surface area contributed by atoms with Gasteiger partial charge in [-0.2, -0.15) is 4.98 Å². The van der Waals surface area contributed by atoms with E-state index in [1.54, 1.807) is 23.1 Å². The molecule has 0 aliphatic carbocycles. The van der Waals surface area contributed by atoms with Gasteiger partial charge in [-0.1, -0.05) is 30.3 Å². The van der Waals surface area contributed by atoms with Gasteiger partial charge in [0, 0.05) is 23.1 Å². The number of hydrogen-bond donors (Lipinski definition) is 0. The summed E-state index contributed by atoms with van der Waals surface area (Å²) in [6.45, 7) is 4.19. The fourth-order valence-electron chi connectivity index (χ4n) is 3.33. The topological polar surface area (TPSA) is 77.4 Å². The van der Waals surface area contributed by atoms with E-state index in [0.717, 1.165) is 17.7 Å². The van der Waals surface area contributed by atoms with Gasteiger partial charge in [0.2, 0.25) is 23.2 Å². The number of anilines is 1. The molecule has 1 atom stereocenters. The van der Waals surface area contributed by atoms with Crippen molar-refractivity contribution in [3.8, 4) is 22.9 Å². The molecule has 31 heavy (non-hydrogen) atoms. The molecule has 0 unspecified atom stereocenters. The zero-order valence-electron chi connectivity index (χ0n) is 17.3. The average molecular weight is 457 g/mol. The van der Waals surface area contributed by atoms with Crippen LogP contribution in [0.3, 0.4) is 0 Å². The molecule has 0 fully saturated rings. The van der Waals surface area contributed by atoms with Crippen molar-refractivity contribution >= 4 is 35.0 Å². The third-order valence-electron chi connectivity index (χ3n) is 4.73. The zero-order chi connectivity index (χ0) is 22.0. The molecule has 1 amide bonds. The van der Waals surface area contributed by atoms with Gasteiger partial charge in [0.25, 0.3) is 0 Å². The van der Waals surface area contributed by atoms with Crippen LogP contribution in [-0.2, 0) is 4.79 Å². The molecular weight excluding hydrogens is 436 g/mol. The summed E-state index contributed by atoms with van der Waals surface area (Å²) < 4.78 is 12.0. The first-order valence-electron chi connectivity index (χ1n) is 9.79. The number of benzene rings is 2. The number of fused-ring (bicyclic) bond motifs is 3. The normalized spacial score (nSPS) is 14.8. The minimum absolute atomic E-state index is 0.189. The van der Waals surface area contributed by atoms with Crippen molar-refractivity contribution in [2.24, 2.45) is 0 Å². The van der Waals surface area contributed by atoms with Crippen molar-refractivity contribution in [2.75, 3.05) is 17.8 Å². The molecule has 1 aliphatic heterocycles. The summed E-state index contributed by atoms with van der Waals surface area (Å²) in [5.74, 6) is 0.864. The van der Waals surface area contributed by atoms with Crippen LogP contribution in [-0.4, -0.2) is 34.0 Å². The SMILES string of the molecule is CCCOc1ccc([C@@H]2Oc3nc(SC)nnc3-c3cc(Cl)ccc3N2C(C)=O)cc1. The van der Waals surface area contributed by atoms with Crippen LogP contribution in [0.15, 0.2) is 47.6 Å². The van der Waals surface area contributed by atoms with Crippen LogP contribution < -0.4 is 14.4 Å². The second-order valence-electron chi connectivity index (χ2n) is 6.89. The Balaban J connectivity index is 1.86. The Bertz CT molecular complexity index is 1110. The van der Waals surface area contributed by atoms with Gasteiger partial charge in [-0.15, -0.1) is 10.2 Å². The predicted octanol–water partition coefficient (Wildman–Crippen LogP) is 5.15. The minimum atomic E-state index is -0.745. The molecule has 2 aromatic carbocycles. The largest absolute Gasteiger partial charge is 0.494 e. The van der Waals surface area contributed by atoms with Gasteiger partial charge < -0.3 is 9.47 Å². The second-order valence-corrected chi connectivity index (χ2v) is 8.10. The molecule has 2 heterocycles. The van der Waals surface area contributed by atoms with E-state index in [9.17, 15) is 4.79 Å². The lowest BCUT2D eigenvalue weighted by Crippen LogP contribution is -2.36. The fourth-order valence-corrected chi connectivity index (χ4v) is 3.80. The van der Waals surface area contributed by atoms with E-state index in [4.69, 9.17) is 21.1 Å². The Kier molecular flexibility index (Phi) is 6.29. The van der Waals surface area contributed by atoms with E-state index in [0.29, 0.717) is 39.6 Å². The van der Waals surface area contributed by atoms with Crippen LogP contribution in [0, 0.1) is 0 Å². The molecule has 1 aliphatic rings. The molecule has 1 aromatic heterocycles. The lowest BCUT2D eigenvalue weighted by atomic mass is 10.1. The van der Waals surface area contributed by atoms with Gasteiger partial charge in [0.1, 0.15) is 5.75 Å². The quantitative estimate of drug-likeness (QED) is 0.491. The van der Waals surface area contributed by atoms with Gasteiger partial charge in [0.15, 0.2) is 5.69 Å². The van der Waals surface area contributed by atoms with Crippen LogP contribution >= 0.6 is 23.4 Å². The highest BCUT2D eigenvalue weighted by molar-refractivity contribution is 7.98. The third-order valence-corrected chi connectivity index (χ3v) is 5.50. The Labute approximate surface area is 189 Å². The smallest absolute Gasteiger partial charge is 0.247 e. The molecule has 0 bridgehead atoms.